The molecule has 8 nitrogen and oxygen atoms in total. The summed E-state index contributed by atoms with van der Waals surface area (Å²) in [4.78, 5) is 28.1. The summed E-state index contributed by atoms with van der Waals surface area (Å²) in [5.41, 5.74) is 1.92. The molecular formula is C28H32ClN3O5S. The van der Waals surface area contributed by atoms with Crippen molar-refractivity contribution in [2.24, 2.45) is 0 Å². The van der Waals surface area contributed by atoms with Gasteiger partial charge in [-0.1, -0.05) is 59.6 Å². The van der Waals surface area contributed by atoms with Crippen molar-refractivity contribution in [1.29, 1.82) is 0 Å². The Kier molecular flexibility index (Phi) is 9.77. The van der Waals surface area contributed by atoms with Crippen LogP contribution in [0.2, 0.25) is 5.02 Å². The average molecular weight is 558 g/mol. The molecule has 2 amide bonds. The number of sulfonamides is 1. The number of methoxy groups -OCH3 is 1. The Hall–Kier alpha value is -3.56. The van der Waals surface area contributed by atoms with E-state index < -0.39 is 28.5 Å². The zero-order valence-corrected chi connectivity index (χ0v) is 23.4. The lowest BCUT2D eigenvalue weighted by Gasteiger charge is -2.32. The first kappa shape index (κ1) is 29.0. The molecule has 3 aromatic carbocycles. The number of carbonyl (C=O) groups is 2. The smallest absolute Gasteiger partial charge is 0.264 e. The number of hydrogen-bond donors (Lipinski definition) is 1. The third kappa shape index (κ3) is 6.85. The predicted octanol–water partition coefficient (Wildman–Crippen LogP) is 4.41. The first-order valence-electron chi connectivity index (χ1n) is 12.1. The lowest BCUT2D eigenvalue weighted by Crippen LogP contribution is -2.51. The molecule has 0 aromatic heterocycles. The summed E-state index contributed by atoms with van der Waals surface area (Å²) in [5.74, 6) is -0.679. The van der Waals surface area contributed by atoms with Crippen molar-refractivity contribution in [1.82, 2.24) is 10.2 Å². The fourth-order valence-corrected chi connectivity index (χ4v) is 5.61. The lowest BCUT2D eigenvalue weighted by molar-refractivity contribution is -0.139. The Morgan fingerprint density at radius 1 is 1.03 bits per heavy atom. The Balaban J connectivity index is 2.09. The van der Waals surface area contributed by atoms with Gasteiger partial charge in [-0.25, -0.2) is 8.42 Å². The summed E-state index contributed by atoms with van der Waals surface area (Å²) in [7, 11) is -2.82. The zero-order chi connectivity index (χ0) is 27.9. The van der Waals surface area contributed by atoms with E-state index in [1.165, 1.54) is 36.3 Å². The Morgan fingerprint density at radius 3 is 2.37 bits per heavy atom. The number of benzene rings is 3. The number of nitrogens with zero attached hydrogens (tertiary/aromatic N) is 2. The largest absolute Gasteiger partial charge is 0.495 e. The SMILES string of the molecule is CCNC(=O)C(C)N(Cc1cccc(C)c1)C(=O)CN(c1cc(Cl)ccc1OC)S(=O)(=O)c1ccccc1. The topological polar surface area (TPSA) is 96.0 Å². The first-order chi connectivity index (χ1) is 18.1. The highest BCUT2D eigenvalue weighted by Gasteiger charge is 2.33. The molecule has 0 fully saturated rings. The second-order valence-corrected chi connectivity index (χ2v) is 11.0. The zero-order valence-electron chi connectivity index (χ0n) is 21.8. The number of carbonyl (C=O) groups excluding carboxylic acids is 2. The van der Waals surface area contributed by atoms with Crippen LogP contribution in [0.3, 0.4) is 0 Å². The number of halogens is 1. The Bertz CT molecular complexity index is 1380. The fourth-order valence-electron chi connectivity index (χ4n) is 4.00. The standard InChI is InChI=1S/C28H32ClN3O5S/c1-5-30-28(34)21(3)31(18-22-11-9-10-20(2)16-22)27(33)19-32(25-17-23(29)14-15-26(25)37-4)38(35,36)24-12-7-6-8-13-24/h6-17,21H,5,18-19H2,1-4H3,(H,30,34). The predicted molar refractivity (Wildman–Crippen MR) is 149 cm³/mol. The third-order valence-corrected chi connectivity index (χ3v) is 7.98. The number of anilines is 1. The van der Waals surface area contributed by atoms with Crippen LogP contribution in [0.25, 0.3) is 0 Å². The molecule has 1 atom stereocenters. The van der Waals surface area contributed by atoms with E-state index in [2.05, 4.69) is 5.32 Å². The van der Waals surface area contributed by atoms with Gasteiger partial charge in [0.15, 0.2) is 0 Å². The molecule has 1 N–H and O–H groups in total. The van der Waals surface area contributed by atoms with Gasteiger partial charge in [-0.2, -0.15) is 0 Å². The summed E-state index contributed by atoms with van der Waals surface area (Å²) >= 11 is 6.24. The highest BCUT2D eigenvalue weighted by Crippen LogP contribution is 2.35. The van der Waals surface area contributed by atoms with Crippen molar-refractivity contribution in [3.05, 3.63) is 88.9 Å². The number of rotatable bonds is 11. The number of hydrogen-bond acceptors (Lipinski definition) is 5. The Morgan fingerprint density at radius 2 is 1.74 bits per heavy atom. The van der Waals surface area contributed by atoms with Crippen LogP contribution in [0.15, 0.2) is 77.7 Å². The van der Waals surface area contributed by atoms with Gasteiger partial charge in [0.2, 0.25) is 11.8 Å². The minimum Gasteiger partial charge on any atom is -0.495 e. The van der Waals surface area contributed by atoms with Crippen LogP contribution >= 0.6 is 11.6 Å². The summed E-state index contributed by atoms with van der Waals surface area (Å²) in [6, 6.07) is 19.1. The van der Waals surface area contributed by atoms with Crippen LogP contribution in [-0.2, 0) is 26.2 Å². The van der Waals surface area contributed by atoms with E-state index in [9.17, 15) is 18.0 Å². The molecule has 0 heterocycles. The van der Waals surface area contributed by atoms with Crippen molar-refractivity contribution < 1.29 is 22.7 Å². The average Bonchev–Trinajstić information content (AvgIpc) is 2.90. The molecule has 0 saturated carbocycles. The minimum absolute atomic E-state index is 0.00293. The van der Waals surface area contributed by atoms with Crippen molar-refractivity contribution in [2.45, 2.75) is 38.3 Å². The van der Waals surface area contributed by atoms with Gasteiger partial charge in [0.25, 0.3) is 10.0 Å². The molecule has 10 heteroatoms. The van der Waals surface area contributed by atoms with E-state index in [4.69, 9.17) is 16.3 Å². The summed E-state index contributed by atoms with van der Waals surface area (Å²) in [6.45, 7) is 5.27. The number of amides is 2. The molecule has 0 radical (unpaired) electrons. The lowest BCUT2D eigenvalue weighted by atomic mass is 10.1. The highest BCUT2D eigenvalue weighted by molar-refractivity contribution is 7.92. The summed E-state index contributed by atoms with van der Waals surface area (Å²) in [5, 5.41) is 3.01. The second-order valence-electron chi connectivity index (χ2n) is 8.72. The molecule has 38 heavy (non-hydrogen) atoms. The van der Waals surface area contributed by atoms with Crippen LogP contribution in [0.5, 0.6) is 5.75 Å². The second kappa shape index (κ2) is 12.8. The monoisotopic (exact) mass is 557 g/mol. The Labute approximate surface area is 229 Å². The van der Waals surface area contributed by atoms with Gasteiger partial charge < -0.3 is 15.0 Å². The van der Waals surface area contributed by atoms with E-state index in [0.717, 1.165) is 15.4 Å². The molecule has 3 aromatic rings. The molecule has 0 saturated heterocycles. The van der Waals surface area contributed by atoms with Gasteiger partial charge in [-0.3, -0.25) is 13.9 Å². The molecule has 0 spiro atoms. The van der Waals surface area contributed by atoms with Gasteiger partial charge in [-0.15, -0.1) is 0 Å². The maximum absolute atomic E-state index is 13.9. The summed E-state index contributed by atoms with van der Waals surface area (Å²) in [6.07, 6.45) is 0. The van der Waals surface area contributed by atoms with E-state index in [0.29, 0.717) is 6.54 Å². The number of ether oxygens (including phenoxy) is 1. The van der Waals surface area contributed by atoms with Gasteiger partial charge in [0, 0.05) is 18.1 Å². The third-order valence-electron chi connectivity index (χ3n) is 5.97. The highest BCUT2D eigenvalue weighted by atomic mass is 35.5. The maximum atomic E-state index is 13.9. The van der Waals surface area contributed by atoms with Crippen molar-refractivity contribution >= 4 is 39.1 Å². The molecule has 0 bridgehead atoms. The number of likely N-dealkylation sites (N-methyl/N-ethyl adjacent to an activating group) is 1. The molecule has 3 rings (SSSR count). The molecule has 202 valence electrons. The molecule has 0 aliphatic heterocycles. The number of nitrogens with one attached hydrogen (secondary N) is 1. The van der Waals surface area contributed by atoms with Gasteiger partial charge in [0.1, 0.15) is 18.3 Å². The number of aryl methyl sites for hydroxylation is 1. The minimum atomic E-state index is -4.22. The van der Waals surface area contributed by atoms with Crippen LogP contribution in [0.1, 0.15) is 25.0 Å². The van der Waals surface area contributed by atoms with Crippen molar-refractivity contribution in [3.63, 3.8) is 0 Å². The molecule has 0 aliphatic rings. The molecule has 1 unspecified atom stereocenters. The van der Waals surface area contributed by atoms with Gasteiger partial charge in [-0.05, 0) is 56.7 Å². The van der Waals surface area contributed by atoms with Gasteiger partial charge in [0.05, 0.1) is 17.7 Å². The maximum Gasteiger partial charge on any atom is 0.264 e. The van der Waals surface area contributed by atoms with Gasteiger partial charge >= 0.3 is 0 Å². The van der Waals surface area contributed by atoms with Crippen LogP contribution in [-0.4, -0.2) is 51.4 Å². The fraction of sp³-hybridized carbons (Fsp3) is 0.286. The van der Waals surface area contributed by atoms with E-state index in [-0.39, 0.29) is 33.8 Å². The van der Waals surface area contributed by atoms with Crippen molar-refractivity contribution in [3.8, 4) is 5.75 Å². The normalized spacial score (nSPS) is 11.9. The quantitative estimate of drug-likeness (QED) is 0.377. The molecule has 0 aliphatic carbocycles. The van der Waals surface area contributed by atoms with E-state index >= 15 is 0 Å². The van der Waals surface area contributed by atoms with Crippen LogP contribution < -0.4 is 14.4 Å². The van der Waals surface area contributed by atoms with Crippen molar-refractivity contribution in [2.75, 3.05) is 24.5 Å². The van der Waals surface area contributed by atoms with Crippen LogP contribution in [0, 0.1) is 6.92 Å². The van der Waals surface area contributed by atoms with Crippen LogP contribution in [0.4, 0.5) is 5.69 Å². The van der Waals surface area contributed by atoms with E-state index in [1.807, 2.05) is 31.2 Å². The summed E-state index contributed by atoms with van der Waals surface area (Å²) < 4.78 is 34.1. The van der Waals surface area contributed by atoms with E-state index in [1.54, 1.807) is 38.1 Å². The first-order valence-corrected chi connectivity index (χ1v) is 13.9. The molecular weight excluding hydrogens is 526 g/mol.